The van der Waals surface area contributed by atoms with Gasteiger partial charge in [0, 0.05) is 11.6 Å². The van der Waals surface area contributed by atoms with Gasteiger partial charge >= 0.3 is 0 Å². The van der Waals surface area contributed by atoms with Crippen molar-refractivity contribution >= 4 is 39.1 Å². The minimum Gasteiger partial charge on any atom is -0.454 e. The van der Waals surface area contributed by atoms with Gasteiger partial charge in [-0.1, -0.05) is 35.4 Å². The molecule has 2 aliphatic heterocycles. The second kappa shape index (κ2) is 8.99. The number of imide groups is 1. The van der Waals surface area contributed by atoms with Crippen molar-refractivity contribution in [2.45, 2.75) is 30.8 Å². The lowest BCUT2D eigenvalue weighted by Crippen LogP contribution is -2.45. The fraction of sp³-hybridized carbons (Fsp3) is 0.200. The zero-order valence-corrected chi connectivity index (χ0v) is 20.3. The zero-order valence-electron chi connectivity index (χ0n) is 18.7. The number of nitrogens with zero attached hydrogens (tertiary/aromatic N) is 2. The average Bonchev–Trinajstić information content (AvgIpc) is 3.41. The molecule has 3 aromatic carbocycles. The van der Waals surface area contributed by atoms with E-state index in [1.165, 1.54) is 12.1 Å². The van der Waals surface area contributed by atoms with Crippen LogP contribution in [0, 0.1) is 6.92 Å². The summed E-state index contributed by atoms with van der Waals surface area (Å²) in [5, 5.41) is 0.454. The van der Waals surface area contributed by atoms with Gasteiger partial charge in [-0.2, -0.15) is 4.31 Å². The van der Waals surface area contributed by atoms with Crippen molar-refractivity contribution in [3.05, 3.63) is 82.9 Å². The van der Waals surface area contributed by atoms with Crippen LogP contribution in [0.2, 0.25) is 5.02 Å². The van der Waals surface area contributed by atoms with E-state index in [0.717, 1.165) is 14.8 Å². The fourth-order valence-electron chi connectivity index (χ4n) is 4.13. The molecule has 1 atom stereocenters. The number of anilines is 1. The Morgan fingerprint density at radius 1 is 0.971 bits per heavy atom. The van der Waals surface area contributed by atoms with Gasteiger partial charge < -0.3 is 9.47 Å². The minimum absolute atomic E-state index is 0.0361. The molecule has 0 aromatic heterocycles. The molecule has 1 unspecified atom stereocenters. The van der Waals surface area contributed by atoms with Crippen molar-refractivity contribution < 1.29 is 27.5 Å². The Bertz CT molecular complexity index is 1410. The summed E-state index contributed by atoms with van der Waals surface area (Å²) in [6, 6.07) is 16.5. The maximum absolute atomic E-state index is 13.8. The monoisotopic (exact) mass is 512 g/mol. The SMILES string of the molecule is Cc1ccc(S(=O)(=O)N(Cc2ccc3c(c2)OCO3)C2CC(=O)N(c3ccc(Cl)cc3)C2=O)cc1. The van der Waals surface area contributed by atoms with E-state index < -0.39 is 27.9 Å². The van der Waals surface area contributed by atoms with Gasteiger partial charge in [-0.25, -0.2) is 13.3 Å². The molecule has 10 heteroatoms. The Morgan fingerprint density at radius 2 is 1.66 bits per heavy atom. The zero-order chi connectivity index (χ0) is 24.7. The highest BCUT2D eigenvalue weighted by Crippen LogP contribution is 2.35. The standard InChI is InChI=1S/C25H21ClN2O6S/c1-16-2-9-20(10-3-16)35(31,32)27(14-17-4-11-22-23(12-17)34-15-33-22)21-13-24(29)28(25(21)30)19-7-5-18(26)6-8-19/h2-12,21H,13-15H2,1H3. The highest BCUT2D eigenvalue weighted by atomic mass is 35.5. The molecule has 2 heterocycles. The van der Waals surface area contributed by atoms with E-state index in [-0.39, 0.29) is 24.7 Å². The van der Waals surface area contributed by atoms with Crippen molar-refractivity contribution in [3.63, 3.8) is 0 Å². The number of ether oxygens (including phenoxy) is 2. The van der Waals surface area contributed by atoms with E-state index in [4.69, 9.17) is 21.1 Å². The summed E-state index contributed by atoms with van der Waals surface area (Å²) in [7, 11) is -4.14. The minimum atomic E-state index is -4.14. The molecule has 0 radical (unpaired) electrons. The quantitative estimate of drug-likeness (QED) is 0.465. The number of sulfonamides is 1. The summed E-state index contributed by atoms with van der Waals surface area (Å²) in [6.45, 7) is 1.80. The predicted molar refractivity (Wildman–Crippen MR) is 129 cm³/mol. The lowest BCUT2D eigenvalue weighted by atomic mass is 10.1. The van der Waals surface area contributed by atoms with Crippen LogP contribution in [0.15, 0.2) is 71.6 Å². The van der Waals surface area contributed by atoms with Crippen LogP contribution < -0.4 is 14.4 Å². The van der Waals surface area contributed by atoms with Gasteiger partial charge in [0.1, 0.15) is 6.04 Å². The summed E-state index contributed by atoms with van der Waals surface area (Å²) < 4.78 is 39.4. The molecule has 0 aliphatic carbocycles. The first kappa shape index (κ1) is 23.3. The molecule has 0 saturated carbocycles. The van der Waals surface area contributed by atoms with E-state index in [1.807, 2.05) is 6.92 Å². The second-order valence-electron chi connectivity index (χ2n) is 8.31. The first-order valence-corrected chi connectivity index (χ1v) is 12.7. The number of rotatable bonds is 6. The predicted octanol–water partition coefficient (Wildman–Crippen LogP) is 3.90. The molecular formula is C25H21ClN2O6S. The van der Waals surface area contributed by atoms with E-state index in [2.05, 4.69) is 0 Å². The van der Waals surface area contributed by atoms with E-state index >= 15 is 0 Å². The topological polar surface area (TPSA) is 93.2 Å². The summed E-state index contributed by atoms with van der Waals surface area (Å²) in [4.78, 5) is 27.4. The molecule has 180 valence electrons. The van der Waals surface area contributed by atoms with Gasteiger partial charge in [0.05, 0.1) is 17.0 Å². The number of hydrogen-bond acceptors (Lipinski definition) is 6. The third-order valence-electron chi connectivity index (χ3n) is 5.96. The fourth-order valence-corrected chi connectivity index (χ4v) is 5.83. The van der Waals surface area contributed by atoms with Gasteiger partial charge in [0.15, 0.2) is 11.5 Å². The van der Waals surface area contributed by atoms with Crippen LogP contribution >= 0.6 is 11.6 Å². The maximum Gasteiger partial charge on any atom is 0.252 e. The highest BCUT2D eigenvalue weighted by molar-refractivity contribution is 7.89. The van der Waals surface area contributed by atoms with Crippen LogP contribution in [-0.4, -0.2) is 37.4 Å². The largest absolute Gasteiger partial charge is 0.454 e. The van der Waals surface area contributed by atoms with Gasteiger partial charge in [0.25, 0.3) is 5.91 Å². The number of benzene rings is 3. The molecule has 1 fully saturated rings. The summed E-state index contributed by atoms with van der Waals surface area (Å²) >= 11 is 5.94. The van der Waals surface area contributed by atoms with Gasteiger partial charge in [-0.05, 0) is 61.0 Å². The number of carbonyl (C=O) groups excluding carboxylic acids is 2. The molecule has 0 spiro atoms. The molecular weight excluding hydrogens is 492 g/mol. The number of halogens is 1. The van der Waals surface area contributed by atoms with Crippen molar-refractivity contribution in [1.82, 2.24) is 4.31 Å². The Morgan fingerprint density at radius 3 is 2.37 bits per heavy atom. The van der Waals surface area contributed by atoms with Crippen LogP contribution in [0.3, 0.4) is 0 Å². The van der Waals surface area contributed by atoms with Gasteiger partial charge in [-0.3, -0.25) is 9.59 Å². The number of fused-ring (bicyclic) bond motifs is 1. The number of hydrogen-bond donors (Lipinski definition) is 0. The number of aryl methyl sites for hydroxylation is 1. The molecule has 2 aliphatic rings. The van der Waals surface area contributed by atoms with Crippen molar-refractivity contribution in [3.8, 4) is 11.5 Å². The van der Waals surface area contributed by atoms with Gasteiger partial charge in [0.2, 0.25) is 22.7 Å². The number of amides is 2. The molecule has 3 aromatic rings. The van der Waals surface area contributed by atoms with Crippen LogP contribution in [0.4, 0.5) is 5.69 Å². The Kier molecular flexibility index (Phi) is 6.00. The third-order valence-corrected chi connectivity index (χ3v) is 8.08. The maximum atomic E-state index is 13.8. The first-order chi connectivity index (χ1) is 16.7. The first-order valence-electron chi connectivity index (χ1n) is 10.8. The summed E-state index contributed by atoms with van der Waals surface area (Å²) in [5.41, 5.74) is 1.82. The Hall–Kier alpha value is -3.40. The molecule has 1 saturated heterocycles. The van der Waals surface area contributed by atoms with Crippen molar-refractivity contribution in [1.29, 1.82) is 0 Å². The van der Waals surface area contributed by atoms with Crippen molar-refractivity contribution in [2.75, 3.05) is 11.7 Å². The van der Waals surface area contributed by atoms with E-state index in [9.17, 15) is 18.0 Å². The van der Waals surface area contributed by atoms with Crippen LogP contribution in [0.5, 0.6) is 11.5 Å². The smallest absolute Gasteiger partial charge is 0.252 e. The van der Waals surface area contributed by atoms with Crippen LogP contribution in [0.25, 0.3) is 0 Å². The van der Waals surface area contributed by atoms with Gasteiger partial charge in [-0.15, -0.1) is 0 Å². The normalized spacial score (nSPS) is 17.5. The van der Waals surface area contributed by atoms with Crippen molar-refractivity contribution in [2.24, 2.45) is 0 Å². The van der Waals surface area contributed by atoms with E-state index in [0.29, 0.717) is 27.8 Å². The molecule has 0 bridgehead atoms. The Balaban J connectivity index is 1.54. The second-order valence-corrected chi connectivity index (χ2v) is 10.6. The van der Waals surface area contributed by atoms with E-state index in [1.54, 1.807) is 54.6 Å². The number of carbonyl (C=O) groups is 2. The summed E-state index contributed by atoms with van der Waals surface area (Å²) in [5.74, 6) is -0.0552. The highest BCUT2D eigenvalue weighted by Gasteiger charge is 2.47. The summed E-state index contributed by atoms with van der Waals surface area (Å²) in [6.07, 6.45) is -0.281. The molecule has 0 N–H and O–H groups in total. The molecule has 2 amide bonds. The lowest BCUT2D eigenvalue weighted by Gasteiger charge is -2.27. The van der Waals surface area contributed by atoms with Crippen LogP contribution in [0.1, 0.15) is 17.5 Å². The third kappa shape index (κ3) is 4.38. The Labute approximate surface area is 207 Å². The molecule has 35 heavy (non-hydrogen) atoms. The van der Waals surface area contributed by atoms with Crippen LogP contribution in [-0.2, 0) is 26.2 Å². The average molecular weight is 513 g/mol. The molecule has 5 rings (SSSR count). The lowest BCUT2D eigenvalue weighted by molar-refractivity contribution is -0.122. The molecule has 8 nitrogen and oxygen atoms in total.